The first-order chi connectivity index (χ1) is 25.2. The van der Waals surface area contributed by atoms with Crippen LogP contribution in [0.4, 0.5) is 5.69 Å². The molecule has 0 radical (unpaired) electrons. The maximum absolute atomic E-state index is 9.42. The number of benzene rings is 4. The Balaban J connectivity index is 1.28. The Labute approximate surface area is 293 Å². The van der Waals surface area contributed by atoms with Crippen LogP contribution in [0.1, 0.15) is 5.56 Å². The van der Waals surface area contributed by atoms with E-state index in [4.69, 9.17) is 16.5 Å². The van der Waals surface area contributed by atoms with Gasteiger partial charge in [0.25, 0.3) is 0 Å². The number of hydrogen-bond donors (Lipinski definition) is 0. The molecule has 0 amide bonds. The van der Waals surface area contributed by atoms with E-state index >= 15 is 0 Å². The van der Waals surface area contributed by atoms with Gasteiger partial charge in [0.2, 0.25) is 5.69 Å². The first-order valence-corrected chi connectivity index (χ1v) is 16.4. The standard InChI is InChI=1S/C44H25N7/c1-46-32-20-31(26-48-27-32)40-15-8-16-41(50-40)37-22-43-44(35-12-6-5-11-34(35)37)36-18-17-29(21-42(36)51(43)33-9-3-2-4-10-33)38-13-7-14-39(49-38)30-19-28(23-45)24-47-25-30/h2-22,24-27H. The van der Waals surface area contributed by atoms with Crippen LogP contribution >= 0.6 is 0 Å². The monoisotopic (exact) mass is 651 g/mol. The highest BCUT2D eigenvalue weighted by Gasteiger charge is 2.20. The highest BCUT2D eigenvalue weighted by molar-refractivity contribution is 6.24. The summed E-state index contributed by atoms with van der Waals surface area (Å²) in [6.07, 6.45) is 6.60. The van der Waals surface area contributed by atoms with Gasteiger partial charge < -0.3 is 4.57 Å². The van der Waals surface area contributed by atoms with Crippen molar-refractivity contribution in [1.29, 1.82) is 5.26 Å². The lowest BCUT2D eigenvalue weighted by Crippen LogP contribution is -1.95. The molecular weight excluding hydrogens is 627 g/mol. The van der Waals surface area contributed by atoms with Crippen molar-refractivity contribution >= 4 is 38.3 Å². The SMILES string of the molecule is [C-]#[N+]c1cncc(-c2cccc(-c3cc4c(c5ccccc35)c3ccc(-c5cccc(-c6cncc(C#N)c6)n5)cc3n4-c3ccccc3)n2)c1. The molecule has 0 saturated heterocycles. The summed E-state index contributed by atoms with van der Waals surface area (Å²) in [4.78, 5) is 22.2. The number of fused-ring (bicyclic) bond motifs is 5. The minimum absolute atomic E-state index is 0.477. The maximum Gasteiger partial charge on any atom is 0.205 e. The fourth-order valence-electron chi connectivity index (χ4n) is 6.88. The number of aromatic nitrogens is 5. The van der Waals surface area contributed by atoms with Gasteiger partial charge in [0, 0.05) is 63.5 Å². The Morgan fingerprint density at radius 1 is 0.549 bits per heavy atom. The molecule has 4 aromatic carbocycles. The number of para-hydroxylation sites is 1. The Morgan fingerprint density at radius 3 is 1.98 bits per heavy atom. The lowest BCUT2D eigenvalue weighted by Gasteiger charge is -2.12. The van der Waals surface area contributed by atoms with Crippen molar-refractivity contribution in [3.63, 3.8) is 0 Å². The third kappa shape index (κ3) is 5.14. The van der Waals surface area contributed by atoms with E-state index in [0.717, 1.165) is 83.3 Å². The maximum atomic E-state index is 9.42. The summed E-state index contributed by atoms with van der Waals surface area (Å²) in [6.45, 7) is 7.45. The number of pyridine rings is 4. The zero-order valence-electron chi connectivity index (χ0n) is 27.1. The minimum atomic E-state index is 0.477. The van der Waals surface area contributed by atoms with Gasteiger partial charge in [-0.05, 0) is 71.4 Å². The van der Waals surface area contributed by atoms with Crippen molar-refractivity contribution in [3.8, 4) is 56.8 Å². The molecule has 0 spiro atoms. The number of nitrogens with zero attached hydrogens (tertiary/aromatic N) is 7. The van der Waals surface area contributed by atoms with Crippen LogP contribution in [0.15, 0.2) is 152 Å². The minimum Gasteiger partial charge on any atom is -0.309 e. The first-order valence-electron chi connectivity index (χ1n) is 16.4. The van der Waals surface area contributed by atoms with E-state index in [1.165, 1.54) is 0 Å². The van der Waals surface area contributed by atoms with Gasteiger partial charge in [-0.25, -0.2) is 14.8 Å². The molecule has 51 heavy (non-hydrogen) atoms. The van der Waals surface area contributed by atoms with Crippen LogP contribution < -0.4 is 0 Å². The van der Waals surface area contributed by atoms with Crippen molar-refractivity contribution in [3.05, 3.63) is 169 Å². The lowest BCUT2D eigenvalue weighted by molar-refractivity contribution is 1.18. The third-order valence-electron chi connectivity index (χ3n) is 9.17. The van der Waals surface area contributed by atoms with Crippen LogP contribution in [-0.2, 0) is 0 Å². The van der Waals surface area contributed by atoms with E-state index in [1.54, 1.807) is 24.8 Å². The molecule has 0 saturated carbocycles. The van der Waals surface area contributed by atoms with E-state index in [-0.39, 0.29) is 0 Å². The highest BCUT2D eigenvalue weighted by Crippen LogP contribution is 2.42. The van der Waals surface area contributed by atoms with Crippen LogP contribution in [-0.4, -0.2) is 24.5 Å². The Morgan fingerprint density at radius 2 is 1.22 bits per heavy atom. The van der Waals surface area contributed by atoms with Crippen molar-refractivity contribution in [2.24, 2.45) is 0 Å². The number of nitriles is 1. The molecule has 7 heteroatoms. The Kier molecular flexibility index (Phi) is 7.09. The molecule has 0 aliphatic heterocycles. The van der Waals surface area contributed by atoms with Gasteiger partial charge >= 0.3 is 0 Å². The van der Waals surface area contributed by atoms with Crippen LogP contribution in [0, 0.1) is 17.9 Å². The van der Waals surface area contributed by atoms with Gasteiger partial charge in [-0.15, -0.1) is 0 Å². The lowest BCUT2D eigenvalue weighted by atomic mass is 9.96. The molecule has 7 nitrogen and oxygen atoms in total. The second kappa shape index (κ2) is 12.2. The van der Waals surface area contributed by atoms with Crippen LogP contribution in [0.3, 0.4) is 0 Å². The van der Waals surface area contributed by atoms with Gasteiger partial charge in [0.05, 0.1) is 45.9 Å². The van der Waals surface area contributed by atoms with Gasteiger partial charge in [-0.1, -0.05) is 66.7 Å². The van der Waals surface area contributed by atoms with E-state index in [1.807, 2.05) is 54.6 Å². The largest absolute Gasteiger partial charge is 0.309 e. The average molecular weight is 652 g/mol. The van der Waals surface area contributed by atoms with E-state index in [2.05, 4.69) is 98.2 Å². The molecule has 9 aromatic rings. The van der Waals surface area contributed by atoms with Crippen molar-refractivity contribution in [1.82, 2.24) is 24.5 Å². The Hall–Kier alpha value is -7.48. The van der Waals surface area contributed by atoms with E-state index < -0.39 is 0 Å². The summed E-state index contributed by atoms with van der Waals surface area (Å²) in [6, 6.07) is 45.4. The van der Waals surface area contributed by atoms with Crippen molar-refractivity contribution in [2.75, 3.05) is 0 Å². The predicted octanol–water partition coefficient (Wildman–Crippen LogP) is 10.6. The first kappa shape index (κ1) is 29.6. The summed E-state index contributed by atoms with van der Waals surface area (Å²) in [5.41, 5.74) is 10.9. The summed E-state index contributed by atoms with van der Waals surface area (Å²) >= 11 is 0. The highest BCUT2D eigenvalue weighted by atomic mass is 15.0. The zero-order chi connectivity index (χ0) is 34.3. The molecule has 0 bridgehead atoms. The van der Waals surface area contributed by atoms with Gasteiger partial charge in [-0.2, -0.15) is 5.26 Å². The molecule has 0 fully saturated rings. The molecule has 5 heterocycles. The van der Waals surface area contributed by atoms with Crippen molar-refractivity contribution in [2.45, 2.75) is 0 Å². The molecule has 0 aliphatic rings. The van der Waals surface area contributed by atoms with Gasteiger partial charge in [-0.3, -0.25) is 9.97 Å². The van der Waals surface area contributed by atoms with Crippen LogP contribution in [0.25, 0.3) is 88.1 Å². The molecule has 5 aromatic heterocycles. The van der Waals surface area contributed by atoms with Crippen LogP contribution in [0.5, 0.6) is 0 Å². The van der Waals surface area contributed by atoms with Crippen molar-refractivity contribution < 1.29 is 0 Å². The average Bonchev–Trinajstić information content (AvgIpc) is 3.54. The predicted molar refractivity (Wildman–Crippen MR) is 202 cm³/mol. The van der Waals surface area contributed by atoms with Gasteiger partial charge in [0.15, 0.2) is 0 Å². The zero-order valence-corrected chi connectivity index (χ0v) is 27.1. The summed E-state index contributed by atoms with van der Waals surface area (Å²) in [5, 5.41) is 13.9. The third-order valence-corrected chi connectivity index (χ3v) is 9.17. The van der Waals surface area contributed by atoms with Gasteiger partial charge in [0.1, 0.15) is 6.07 Å². The number of hydrogen-bond acceptors (Lipinski definition) is 5. The fraction of sp³-hybridized carbons (Fsp3) is 0. The molecule has 236 valence electrons. The summed E-state index contributed by atoms with van der Waals surface area (Å²) in [5.74, 6) is 0. The normalized spacial score (nSPS) is 11.1. The molecule has 0 aliphatic carbocycles. The number of rotatable bonds is 5. The fourth-order valence-corrected chi connectivity index (χ4v) is 6.88. The molecule has 0 atom stereocenters. The summed E-state index contributed by atoms with van der Waals surface area (Å²) < 4.78 is 2.32. The van der Waals surface area contributed by atoms with E-state index in [9.17, 15) is 5.26 Å². The molecule has 9 rings (SSSR count). The van der Waals surface area contributed by atoms with Crippen LogP contribution in [0.2, 0.25) is 0 Å². The topological polar surface area (TPSA) is 84.6 Å². The second-order valence-electron chi connectivity index (χ2n) is 12.2. The second-order valence-corrected chi connectivity index (χ2v) is 12.2. The smallest absolute Gasteiger partial charge is 0.205 e. The molecule has 0 N–H and O–H groups in total. The summed E-state index contributed by atoms with van der Waals surface area (Å²) in [7, 11) is 0. The quantitative estimate of drug-likeness (QED) is 0.173. The Bertz CT molecular complexity index is 2890. The van der Waals surface area contributed by atoms with E-state index in [0.29, 0.717) is 11.3 Å². The molecular formula is C44H25N7. The molecule has 0 unspecified atom stereocenters.